The molecule has 2 heterocycles. The number of aliphatic imine (C=N–C) groups is 3. The van der Waals surface area contributed by atoms with Crippen LogP contribution >= 0.6 is 0 Å². The van der Waals surface area contributed by atoms with Crippen molar-refractivity contribution in [2.75, 3.05) is 12.4 Å². The number of hydrogen-bond acceptors (Lipinski definition) is 3. The molecule has 1 aromatic carbocycles. The van der Waals surface area contributed by atoms with Gasteiger partial charge in [-0.15, -0.1) is 0 Å². The van der Waals surface area contributed by atoms with Crippen molar-refractivity contribution in [1.82, 2.24) is 10.3 Å². The quantitative estimate of drug-likeness (QED) is 0.653. The van der Waals surface area contributed by atoms with Gasteiger partial charge in [0.25, 0.3) is 0 Å². The second kappa shape index (κ2) is 7.53. The first kappa shape index (κ1) is 17.1. The smallest absolute Gasteiger partial charge is 0.218 e. The molecule has 0 spiro atoms. The number of aromatic nitrogens is 1. The van der Waals surface area contributed by atoms with Crippen LogP contribution in [0.4, 0.5) is 5.69 Å². The Kier molecular flexibility index (Phi) is 4.78. The van der Waals surface area contributed by atoms with Gasteiger partial charge >= 0.3 is 0 Å². The van der Waals surface area contributed by atoms with E-state index in [0.717, 1.165) is 46.9 Å². The Labute approximate surface area is 158 Å². The topological polar surface area (TPSA) is 74.0 Å². The first-order valence-corrected chi connectivity index (χ1v) is 9.07. The van der Waals surface area contributed by atoms with E-state index in [-0.39, 0.29) is 0 Å². The molecule has 1 aliphatic heterocycles. The fraction of sp³-hybridized carbons (Fsp3) is 0.238. The zero-order valence-corrected chi connectivity index (χ0v) is 15.3. The van der Waals surface area contributed by atoms with Gasteiger partial charge < -0.3 is 10.6 Å². The van der Waals surface area contributed by atoms with Crippen LogP contribution < -0.4 is 10.6 Å². The Balaban J connectivity index is 1.62. The van der Waals surface area contributed by atoms with Gasteiger partial charge in [0.1, 0.15) is 5.71 Å². The number of nitrogens with zero attached hydrogens (tertiary/aromatic N) is 4. The van der Waals surface area contributed by atoms with Gasteiger partial charge in [-0.1, -0.05) is 30.8 Å². The molecule has 0 radical (unpaired) electrons. The number of rotatable bonds is 3. The second-order valence-corrected chi connectivity index (χ2v) is 6.54. The molecule has 0 amide bonds. The Morgan fingerprint density at radius 3 is 2.78 bits per heavy atom. The molecule has 1 fully saturated rings. The average Bonchev–Trinajstić information content (AvgIpc) is 3.52. The predicted octanol–water partition coefficient (Wildman–Crippen LogP) is 3.30. The molecule has 6 heteroatoms. The van der Waals surface area contributed by atoms with Gasteiger partial charge in [0, 0.05) is 30.1 Å². The number of benzene rings is 1. The average molecular weight is 358 g/mol. The van der Waals surface area contributed by atoms with E-state index in [0.29, 0.717) is 18.5 Å². The highest BCUT2D eigenvalue weighted by atomic mass is 15.1. The molecule has 0 saturated heterocycles. The summed E-state index contributed by atoms with van der Waals surface area (Å²) in [5, 5.41) is 6.66. The van der Waals surface area contributed by atoms with E-state index in [1.54, 1.807) is 13.2 Å². The van der Waals surface area contributed by atoms with E-state index < -0.39 is 0 Å². The standard InChI is InChI=1S/C21H22N6/c1-14-17-8-3-4-9-18(17)26-20(25-15-10-11-15)19(14)27-21(22-2)24-13-16-7-5-6-12-23-16/h3-9,12,15H,1,10-11,13H2,2H3,(H,22,24)(H,25,26). The molecule has 1 saturated carbocycles. The molecule has 1 aliphatic carbocycles. The maximum absolute atomic E-state index is 4.80. The van der Waals surface area contributed by atoms with Crippen LogP contribution in [0, 0.1) is 0 Å². The van der Waals surface area contributed by atoms with Gasteiger partial charge in [-0.25, -0.2) is 4.99 Å². The molecule has 27 heavy (non-hydrogen) atoms. The molecule has 0 bridgehead atoms. The largest absolute Gasteiger partial charge is 0.349 e. The van der Waals surface area contributed by atoms with E-state index in [1.165, 1.54) is 0 Å². The summed E-state index contributed by atoms with van der Waals surface area (Å²) in [4.78, 5) is 18.2. The fourth-order valence-corrected chi connectivity index (χ4v) is 2.86. The number of anilines is 1. The molecule has 2 aliphatic rings. The Bertz CT molecular complexity index is 938. The van der Waals surface area contributed by atoms with E-state index in [1.807, 2.05) is 42.5 Å². The summed E-state index contributed by atoms with van der Waals surface area (Å²) in [5.74, 6) is 1.29. The summed E-state index contributed by atoms with van der Waals surface area (Å²) < 4.78 is 0. The Morgan fingerprint density at radius 2 is 2.04 bits per heavy atom. The fourth-order valence-electron chi connectivity index (χ4n) is 2.86. The summed E-state index contributed by atoms with van der Waals surface area (Å²) in [6.07, 6.45) is 4.02. The number of fused-ring (bicyclic) bond motifs is 1. The van der Waals surface area contributed by atoms with E-state index in [4.69, 9.17) is 9.98 Å². The van der Waals surface area contributed by atoms with Crippen LogP contribution in [0.15, 0.2) is 70.2 Å². The minimum atomic E-state index is 0.374. The third-order valence-corrected chi connectivity index (χ3v) is 4.46. The van der Waals surface area contributed by atoms with Crippen LogP contribution in [0.1, 0.15) is 24.1 Å². The van der Waals surface area contributed by atoms with Crippen molar-refractivity contribution >= 4 is 28.8 Å². The minimum absolute atomic E-state index is 0.374. The summed E-state index contributed by atoms with van der Waals surface area (Å²) in [7, 11) is 1.72. The highest BCUT2D eigenvalue weighted by Gasteiger charge is 2.28. The van der Waals surface area contributed by atoms with Crippen LogP contribution in [0.2, 0.25) is 0 Å². The molecule has 2 N–H and O–H groups in total. The number of nitrogens with one attached hydrogen (secondary N) is 2. The van der Waals surface area contributed by atoms with Crippen molar-refractivity contribution < 1.29 is 0 Å². The Hall–Kier alpha value is -3.28. The minimum Gasteiger partial charge on any atom is -0.349 e. The number of pyridine rings is 1. The molecule has 136 valence electrons. The molecular formula is C21H22N6. The monoisotopic (exact) mass is 358 g/mol. The van der Waals surface area contributed by atoms with Crippen LogP contribution in [-0.4, -0.2) is 35.6 Å². The lowest BCUT2D eigenvalue weighted by molar-refractivity contribution is 0.863. The molecule has 2 aromatic rings. The lowest BCUT2D eigenvalue weighted by Gasteiger charge is -2.24. The van der Waals surface area contributed by atoms with Crippen molar-refractivity contribution in [2.45, 2.75) is 25.4 Å². The van der Waals surface area contributed by atoms with E-state index in [2.05, 4.69) is 27.2 Å². The van der Waals surface area contributed by atoms with E-state index >= 15 is 0 Å². The van der Waals surface area contributed by atoms with Crippen molar-refractivity contribution in [3.05, 3.63) is 66.5 Å². The van der Waals surface area contributed by atoms with Gasteiger partial charge in [-0.05, 0) is 31.0 Å². The zero-order chi connectivity index (χ0) is 18.6. The van der Waals surface area contributed by atoms with Crippen molar-refractivity contribution in [3.63, 3.8) is 0 Å². The van der Waals surface area contributed by atoms with Gasteiger partial charge in [0.15, 0.2) is 5.84 Å². The highest BCUT2D eigenvalue weighted by Crippen LogP contribution is 2.31. The van der Waals surface area contributed by atoms with Crippen LogP contribution in [0.5, 0.6) is 0 Å². The molecular weight excluding hydrogens is 336 g/mol. The van der Waals surface area contributed by atoms with Gasteiger partial charge in [-0.3, -0.25) is 15.0 Å². The SMILES string of the molecule is C=C1C(=NC(=NC)NCc2ccccn2)C(=NC2CC2)Nc2ccccc21. The molecule has 1 aromatic heterocycles. The highest BCUT2D eigenvalue weighted by molar-refractivity contribution is 6.63. The molecule has 0 atom stereocenters. The lowest BCUT2D eigenvalue weighted by Crippen LogP contribution is -2.32. The number of guanidine groups is 1. The van der Waals surface area contributed by atoms with Crippen molar-refractivity contribution in [1.29, 1.82) is 0 Å². The summed E-state index contributed by atoms with van der Waals surface area (Å²) in [5.41, 5.74) is 4.55. The van der Waals surface area contributed by atoms with Crippen LogP contribution in [0.3, 0.4) is 0 Å². The summed E-state index contributed by atoms with van der Waals surface area (Å²) in [6.45, 7) is 4.83. The number of hydrogen-bond donors (Lipinski definition) is 2. The first-order chi connectivity index (χ1) is 13.2. The first-order valence-electron chi connectivity index (χ1n) is 9.07. The van der Waals surface area contributed by atoms with Crippen LogP contribution in [0.25, 0.3) is 5.57 Å². The summed E-state index contributed by atoms with van der Waals surface area (Å²) >= 11 is 0. The van der Waals surface area contributed by atoms with E-state index in [9.17, 15) is 0 Å². The zero-order valence-electron chi connectivity index (χ0n) is 15.3. The number of para-hydroxylation sites is 1. The molecule has 0 unspecified atom stereocenters. The van der Waals surface area contributed by atoms with Crippen molar-refractivity contribution in [3.8, 4) is 0 Å². The van der Waals surface area contributed by atoms with Gasteiger partial charge in [-0.2, -0.15) is 0 Å². The molecule has 6 nitrogen and oxygen atoms in total. The molecule has 4 rings (SSSR count). The number of amidine groups is 1. The lowest BCUT2D eigenvalue weighted by atomic mass is 9.96. The van der Waals surface area contributed by atoms with Crippen LogP contribution in [-0.2, 0) is 6.54 Å². The Morgan fingerprint density at radius 1 is 1.22 bits per heavy atom. The van der Waals surface area contributed by atoms with Gasteiger partial charge in [0.2, 0.25) is 5.96 Å². The van der Waals surface area contributed by atoms with Crippen molar-refractivity contribution in [2.24, 2.45) is 15.0 Å². The third kappa shape index (κ3) is 3.95. The summed E-state index contributed by atoms with van der Waals surface area (Å²) in [6, 6.07) is 14.3. The predicted molar refractivity (Wildman–Crippen MR) is 111 cm³/mol. The second-order valence-electron chi connectivity index (χ2n) is 6.54. The third-order valence-electron chi connectivity index (χ3n) is 4.46. The van der Waals surface area contributed by atoms with Gasteiger partial charge in [0.05, 0.1) is 18.3 Å². The normalized spacial score (nSPS) is 19.7. The maximum Gasteiger partial charge on any atom is 0.218 e. The maximum atomic E-state index is 4.80.